The topological polar surface area (TPSA) is 64.3 Å². The van der Waals surface area contributed by atoms with Gasteiger partial charge in [0.2, 0.25) is 0 Å². The Morgan fingerprint density at radius 3 is 2.94 bits per heavy atom. The minimum Gasteiger partial charge on any atom is -0.398 e. The zero-order valence-corrected chi connectivity index (χ0v) is 10.3. The quantitative estimate of drug-likeness (QED) is 0.796. The maximum absolute atomic E-state index is 11.9. The number of benzene rings is 1. The van der Waals surface area contributed by atoms with Gasteiger partial charge >= 0.3 is 0 Å². The van der Waals surface area contributed by atoms with Gasteiger partial charge in [-0.25, -0.2) is 0 Å². The lowest BCUT2D eigenvalue weighted by atomic mass is 10.0. The van der Waals surface area contributed by atoms with Crippen molar-refractivity contribution in [3.63, 3.8) is 0 Å². The predicted molar refractivity (Wildman–Crippen MR) is 68.0 cm³/mol. The molecule has 1 aliphatic heterocycles. The summed E-state index contributed by atoms with van der Waals surface area (Å²) in [5.74, 6) is 0.120. The molecule has 1 aromatic rings. The Labute approximate surface area is 105 Å². The summed E-state index contributed by atoms with van der Waals surface area (Å²) in [6, 6.07) is 5.02. The third kappa shape index (κ3) is 2.70. The lowest BCUT2D eigenvalue weighted by molar-refractivity contribution is -0.126. The zero-order valence-electron chi connectivity index (χ0n) is 9.57. The fraction of sp³-hybridized carbons (Fsp3) is 0.417. The summed E-state index contributed by atoms with van der Waals surface area (Å²) in [5.41, 5.74) is 6.73. The molecule has 2 unspecified atom stereocenters. The molecule has 17 heavy (non-hydrogen) atoms. The lowest BCUT2D eigenvalue weighted by Gasteiger charge is -2.14. The normalized spacial score (nSPS) is 23.6. The number of hydrogen-bond donors (Lipinski definition) is 2. The molecule has 1 aromatic carbocycles. The van der Waals surface area contributed by atoms with E-state index in [1.54, 1.807) is 18.2 Å². The summed E-state index contributed by atoms with van der Waals surface area (Å²) >= 11 is 5.88. The summed E-state index contributed by atoms with van der Waals surface area (Å²) in [6.45, 7) is 2.65. The number of ether oxygens (including phenoxy) is 1. The Morgan fingerprint density at radius 2 is 2.35 bits per heavy atom. The van der Waals surface area contributed by atoms with Crippen molar-refractivity contribution < 1.29 is 9.53 Å². The first-order chi connectivity index (χ1) is 8.08. The second-order valence-electron chi connectivity index (χ2n) is 4.28. The molecule has 1 amide bonds. The van der Waals surface area contributed by atoms with Gasteiger partial charge in [-0.2, -0.15) is 0 Å². The molecule has 3 N–H and O–H groups in total. The van der Waals surface area contributed by atoms with Crippen molar-refractivity contribution in [2.45, 2.75) is 19.4 Å². The van der Waals surface area contributed by atoms with Crippen LogP contribution in [0.5, 0.6) is 0 Å². The second-order valence-corrected chi connectivity index (χ2v) is 4.69. The number of carbonyl (C=O) groups excluding carboxylic acids is 1. The monoisotopic (exact) mass is 254 g/mol. The zero-order chi connectivity index (χ0) is 12.4. The van der Waals surface area contributed by atoms with E-state index >= 15 is 0 Å². The van der Waals surface area contributed by atoms with Crippen LogP contribution in [0.2, 0.25) is 5.02 Å². The number of hydrogen-bond acceptors (Lipinski definition) is 3. The molecule has 1 heterocycles. The Hall–Kier alpha value is -1.26. The molecule has 1 fully saturated rings. The number of nitrogens with one attached hydrogen (secondary N) is 1. The van der Waals surface area contributed by atoms with Gasteiger partial charge in [0.25, 0.3) is 5.91 Å². The fourth-order valence-corrected chi connectivity index (χ4v) is 2.03. The van der Waals surface area contributed by atoms with Crippen molar-refractivity contribution in [2.75, 3.05) is 17.7 Å². The van der Waals surface area contributed by atoms with Gasteiger partial charge in [0.05, 0.1) is 10.7 Å². The van der Waals surface area contributed by atoms with E-state index < -0.39 is 0 Å². The van der Waals surface area contributed by atoms with E-state index in [-0.39, 0.29) is 17.9 Å². The summed E-state index contributed by atoms with van der Waals surface area (Å²) in [4.78, 5) is 11.9. The van der Waals surface area contributed by atoms with Gasteiger partial charge in [0, 0.05) is 12.3 Å². The highest BCUT2D eigenvalue weighted by Gasteiger charge is 2.30. The van der Waals surface area contributed by atoms with E-state index in [1.807, 2.05) is 6.92 Å². The van der Waals surface area contributed by atoms with Crippen molar-refractivity contribution in [3.05, 3.63) is 23.2 Å². The number of nitrogens with two attached hydrogens (primary N) is 1. The number of amides is 1. The molecule has 4 nitrogen and oxygen atoms in total. The number of rotatable bonds is 2. The Kier molecular flexibility index (Phi) is 3.54. The van der Waals surface area contributed by atoms with Crippen molar-refractivity contribution >= 4 is 28.9 Å². The van der Waals surface area contributed by atoms with Crippen molar-refractivity contribution in [3.8, 4) is 0 Å². The number of anilines is 2. The van der Waals surface area contributed by atoms with Crippen molar-refractivity contribution in [2.24, 2.45) is 5.92 Å². The highest BCUT2D eigenvalue weighted by Crippen LogP contribution is 2.25. The van der Waals surface area contributed by atoms with E-state index in [2.05, 4.69) is 5.32 Å². The van der Waals surface area contributed by atoms with Crippen LogP contribution in [-0.4, -0.2) is 18.6 Å². The Morgan fingerprint density at radius 1 is 1.59 bits per heavy atom. The van der Waals surface area contributed by atoms with Gasteiger partial charge in [0.15, 0.2) is 0 Å². The molecule has 0 radical (unpaired) electrons. The molecule has 0 saturated carbocycles. The molecule has 0 bridgehead atoms. The van der Waals surface area contributed by atoms with Crippen LogP contribution >= 0.6 is 11.6 Å². The van der Waals surface area contributed by atoms with Crippen LogP contribution in [-0.2, 0) is 9.53 Å². The van der Waals surface area contributed by atoms with Crippen LogP contribution in [0.3, 0.4) is 0 Å². The number of nitrogen functional groups attached to an aromatic ring is 1. The molecule has 1 saturated heterocycles. The van der Waals surface area contributed by atoms with Crippen LogP contribution in [0.1, 0.15) is 13.3 Å². The van der Waals surface area contributed by atoms with Gasteiger partial charge in [-0.1, -0.05) is 18.5 Å². The average Bonchev–Trinajstić information content (AvgIpc) is 2.70. The van der Waals surface area contributed by atoms with E-state index in [9.17, 15) is 4.79 Å². The fourth-order valence-electron chi connectivity index (χ4n) is 1.85. The summed E-state index contributed by atoms with van der Waals surface area (Å²) in [6.07, 6.45) is 0.548. The maximum atomic E-state index is 11.9. The van der Waals surface area contributed by atoms with E-state index in [0.717, 1.165) is 6.42 Å². The first-order valence-corrected chi connectivity index (χ1v) is 5.93. The summed E-state index contributed by atoms with van der Waals surface area (Å²) < 4.78 is 5.38. The smallest absolute Gasteiger partial charge is 0.253 e. The Bertz CT molecular complexity index is 437. The molecular weight excluding hydrogens is 240 g/mol. The van der Waals surface area contributed by atoms with Gasteiger partial charge in [-0.15, -0.1) is 0 Å². The van der Waals surface area contributed by atoms with Gasteiger partial charge in [-0.05, 0) is 30.5 Å². The second kappa shape index (κ2) is 4.94. The van der Waals surface area contributed by atoms with Crippen molar-refractivity contribution in [1.82, 2.24) is 0 Å². The molecule has 92 valence electrons. The lowest BCUT2D eigenvalue weighted by Crippen LogP contribution is -2.31. The molecule has 2 rings (SSSR count). The Balaban J connectivity index is 2.05. The summed E-state index contributed by atoms with van der Waals surface area (Å²) in [7, 11) is 0. The SMILES string of the molecule is CC1CCOC1C(=O)Nc1ccc(N)c(Cl)c1. The minimum atomic E-state index is -0.369. The van der Waals surface area contributed by atoms with E-state index in [0.29, 0.717) is 23.0 Å². The molecular formula is C12H15ClN2O2. The van der Waals surface area contributed by atoms with Crippen LogP contribution in [0.15, 0.2) is 18.2 Å². The number of halogens is 1. The molecule has 0 aromatic heterocycles. The molecule has 0 aliphatic carbocycles. The standard InChI is InChI=1S/C12H15ClN2O2/c1-7-4-5-17-11(7)12(16)15-8-2-3-10(14)9(13)6-8/h2-3,6-7,11H,4-5,14H2,1H3,(H,15,16). The maximum Gasteiger partial charge on any atom is 0.253 e. The molecule has 5 heteroatoms. The molecule has 2 atom stereocenters. The first-order valence-electron chi connectivity index (χ1n) is 5.55. The minimum absolute atomic E-state index is 0.129. The molecule has 0 spiro atoms. The van der Waals surface area contributed by atoms with E-state index in [1.165, 1.54) is 0 Å². The van der Waals surface area contributed by atoms with Crippen LogP contribution in [0.4, 0.5) is 11.4 Å². The van der Waals surface area contributed by atoms with Crippen LogP contribution in [0, 0.1) is 5.92 Å². The van der Waals surface area contributed by atoms with Gasteiger partial charge < -0.3 is 15.8 Å². The van der Waals surface area contributed by atoms with E-state index in [4.69, 9.17) is 22.1 Å². The van der Waals surface area contributed by atoms with Crippen LogP contribution < -0.4 is 11.1 Å². The highest BCUT2D eigenvalue weighted by molar-refractivity contribution is 6.33. The largest absolute Gasteiger partial charge is 0.398 e. The average molecular weight is 255 g/mol. The third-order valence-corrected chi connectivity index (χ3v) is 3.24. The van der Waals surface area contributed by atoms with Crippen molar-refractivity contribution in [1.29, 1.82) is 0 Å². The highest BCUT2D eigenvalue weighted by atomic mass is 35.5. The number of carbonyl (C=O) groups is 1. The van der Waals surface area contributed by atoms with Gasteiger partial charge in [-0.3, -0.25) is 4.79 Å². The molecule has 1 aliphatic rings. The first kappa shape index (κ1) is 12.2. The predicted octanol–water partition coefficient (Wildman–Crippen LogP) is 2.29. The summed E-state index contributed by atoms with van der Waals surface area (Å²) in [5, 5.41) is 3.21. The third-order valence-electron chi connectivity index (χ3n) is 2.91. The van der Waals surface area contributed by atoms with Gasteiger partial charge in [0.1, 0.15) is 6.10 Å². The van der Waals surface area contributed by atoms with Crippen LogP contribution in [0.25, 0.3) is 0 Å².